The predicted molar refractivity (Wildman–Crippen MR) is 70.0 cm³/mol. The van der Waals surface area contributed by atoms with Gasteiger partial charge in [0.1, 0.15) is 4.34 Å². The zero-order valence-corrected chi connectivity index (χ0v) is 11.6. The van der Waals surface area contributed by atoms with E-state index < -0.39 is 6.10 Å². The minimum atomic E-state index is -0.464. The molecule has 0 spiro atoms. The van der Waals surface area contributed by atoms with E-state index in [-0.39, 0.29) is 0 Å². The molecule has 0 radical (unpaired) electrons. The maximum Gasteiger partial charge on any atom is 0.107 e. The third-order valence-electron chi connectivity index (χ3n) is 2.00. The number of halogens is 2. The topological polar surface area (TPSA) is 20.2 Å². The van der Waals surface area contributed by atoms with E-state index in [0.717, 1.165) is 14.9 Å². The average molecular weight is 324 g/mol. The summed E-state index contributed by atoms with van der Waals surface area (Å²) >= 11 is 12.3. The first-order chi connectivity index (χ1) is 7.16. The molecule has 2 aromatic rings. The number of aliphatic hydroxyl groups excluding tert-OH is 1. The summed E-state index contributed by atoms with van der Waals surface area (Å²) in [5, 5.41) is 14.0. The summed E-state index contributed by atoms with van der Waals surface area (Å²) in [7, 11) is 0. The van der Waals surface area contributed by atoms with Crippen LogP contribution in [0, 0.1) is 0 Å². The van der Waals surface area contributed by atoms with Crippen molar-refractivity contribution in [3.8, 4) is 0 Å². The van der Waals surface area contributed by atoms with Gasteiger partial charge in [0.2, 0.25) is 0 Å². The van der Waals surface area contributed by atoms with Gasteiger partial charge in [-0.05, 0) is 44.4 Å². The monoisotopic (exact) mass is 322 g/mol. The minimum Gasteiger partial charge on any atom is -0.387 e. The SMILES string of the molecule is OC(Cc1ccsc1)c1cc(Br)c(Cl)s1. The summed E-state index contributed by atoms with van der Waals surface area (Å²) in [5.74, 6) is 0. The van der Waals surface area contributed by atoms with E-state index in [1.807, 2.05) is 22.9 Å². The fraction of sp³-hybridized carbons (Fsp3) is 0.200. The van der Waals surface area contributed by atoms with Gasteiger partial charge in [-0.15, -0.1) is 11.3 Å². The summed E-state index contributed by atoms with van der Waals surface area (Å²) in [4.78, 5) is 0.901. The lowest BCUT2D eigenvalue weighted by molar-refractivity contribution is 0.182. The average Bonchev–Trinajstić information content (AvgIpc) is 2.78. The number of rotatable bonds is 3. The molecule has 15 heavy (non-hydrogen) atoms. The van der Waals surface area contributed by atoms with Crippen molar-refractivity contribution in [3.05, 3.63) is 42.1 Å². The van der Waals surface area contributed by atoms with Crippen LogP contribution < -0.4 is 0 Å². The molecule has 0 aliphatic carbocycles. The molecular formula is C10H8BrClOS2. The van der Waals surface area contributed by atoms with Crippen LogP contribution in [-0.2, 0) is 6.42 Å². The van der Waals surface area contributed by atoms with E-state index in [1.54, 1.807) is 11.3 Å². The van der Waals surface area contributed by atoms with Gasteiger partial charge in [-0.25, -0.2) is 0 Å². The molecule has 80 valence electrons. The number of hydrogen-bond acceptors (Lipinski definition) is 3. The molecule has 0 amide bonds. The molecule has 0 saturated carbocycles. The Morgan fingerprint density at radius 2 is 2.33 bits per heavy atom. The zero-order valence-electron chi connectivity index (χ0n) is 7.61. The van der Waals surface area contributed by atoms with Crippen LogP contribution in [0.3, 0.4) is 0 Å². The highest BCUT2D eigenvalue weighted by atomic mass is 79.9. The zero-order chi connectivity index (χ0) is 10.8. The molecule has 0 fully saturated rings. The first kappa shape index (κ1) is 11.6. The Hall–Kier alpha value is 0.130. The molecule has 1 nitrogen and oxygen atoms in total. The first-order valence-corrected chi connectivity index (χ1v) is 7.23. The summed E-state index contributed by atoms with van der Waals surface area (Å²) in [5.41, 5.74) is 1.16. The largest absolute Gasteiger partial charge is 0.387 e. The van der Waals surface area contributed by atoms with Crippen molar-refractivity contribution in [1.82, 2.24) is 0 Å². The van der Waals surface area contributed by atoms with Crippen LogP contribution in [0.15, 0.2) is 27.4 Å². The Balaban J connectivity index is 2.11. The van der Waals surface area contributed by atoms with Gasteiger partial charge in [-0.1, -0.05) is 11.6 Å². The van der Waals surface area contributed by atoms with Crippen molar-refractivity contribution in [3.63, 3.8) is 0 Å². The number of hydrogen-bond donors (Lipinski definition) is 1. The molecule has 2 heterocycles. The standard InChI is InChI=1S/C10H8BrClOS2/c11-7-4-9(15-10(7)12)8(13)3-6-1-2-14-5-6/h1-2,4-5,8,13H,3H2. The third-order valence-corrected chi connectivity index (χ3v) is 5.31. The van der Waals surface area contributed by atoms with Crippen molar-refractivity contribution < 1.29 is 5.11 Å². The highest BCUT2D eigenvalue weighted by molar-refractivity contribution is 9.10. The molecule has 2 aromatic heterocycles. The second-order valence-electron chi connectivity index (χ2n) is 3.12. The van der Waals surface area contributed by atoms with Crippen molar-refractivity contribution >= 4 is 50.2 Å². The van der Waals surface area contributed by atoms with Gasteiger partial charge >= 0.3 is 0 Å². The summed E-state index contributed by atoms with van der Waals surface area (Å²) in [6.45, 7) is 0. The van der Waals surface area contributed by atoms with Crippen molar-refractivity contribution in [1.29, 1.82) is 0 Å². The Morgan fingerprint density at radius 1 is 1.53 bits per heavy atom. The molecule has 0 aromatic carbocycles. The molecule has 2 rings (SSSR count). The van der Waals surface area contributed by atoms with E-state index in [4.69, 9.17) is 11.6 Å². The van der Waals surface area contributed by atoms with Gasteiger partial charge in [0.15, 0.2) is 0 Å². The van der Waals surface area contributed by atoms with Gasteiger partial charge < -0.3 is 5.11 Å². The predicted octanol–water partition coefficient (Wildman–Crippen LogP) is 4.50. The molecule has 1 atom stereocenters. The van der Waals surface area contributed by atoms with Gasteiger partial charge in [0, 0.05) is 15.8 Å². The lowest BCUT2D eigenvalue weighted by atomic mass is 10.1. The first-order valence-electron chi connectivity index (χ1n) is 4.30. The van der Waals surface area contributed by atoms with E-state index in [9.17, 15) is 5.11 Å². The van der Waals surface area contributed by atoms with Crippen LogP contribution in [0.2, 0.25) is 4.34 Å². The maximum absolute atomic E-state index is 9.97. The highest BCUT2D eigenvalue weighted by Gasteiger charge is 2.13. The summed E-state index contributed by atoms with van der Waals surface area (Å²) in [6.07, 6.45) is 0.181. The summed E-state index contributed by atoms with van der Waals surface area (Å²) < 4.78 is 1.54. The van der Waals surface area contributed by atoms with Gasteiger partial charge in [0.05, 0.1) is 6.10 Å². The molecule has 1 unspecified atom stereocenters. The van der Waals surface area contributed by atoms with Gasteiger partial charge in [0.25, 0.3) is 0 Å². The lowest BCUT2D eigenvalue weighted by Crippen LogP contribution is -1.97. The van der Waals surface area contributed by atoms with E-state index in [1.165, 1.54) is 11.3 Å². The Bertz CT molecular complexity index is 419. The highest BCUT2D eigenvalue weighted by Crippen LogP contribution is 2.36. The van der Waals surface area contributed by atoms with Gasteiger partial charge in [-0.2, -0.15) is 11.3 Å². The molecular weight excluding hydrogens is 316 g/mol. The van der Waals surface area contributed by atoms with E-state index in [0.29, 0.717) is 10.8 Å². The summed E-state index contributed by atoms with van der Waals surface area (Å²) in [6, 6.07) is 3.90. The molecule has 0 aliphatic heterocycles. The van der Waals surface area contributed by atoms with Crippen molar-refractivity contribution in [2.75, 3.05) is 0 Å². The third kappa shape index (κ3) is 2.82. The van der Waals surface area contributed by atoms with Crippen LogP contribution in [-0.4, -0.2) is 5.11 Å². The Kier molecular flexibility index (Phi) is 3.85. The van der Waals surface area contributed by atoms with E-state index in [2.05, 4.69) is 15.9 Å². The van der Waals surface area contributed by atoms with Crippen LogP contribution in [0.5, 0.6) is 0 Å². The van der Waals surface area contributed by atoms with Crippen LogP contribution in [0.1, 0.15) is 16.5 Å². The lowest BCUT2D eigenvalue weighted by Gasteiger charge is -2.05. The minimum absolute atomic E-state index is 0.464. The normalized spacial score (nSPS) is 13.0. The number of aliphatic hydroxyl groups is 1. The smallest absolute Gasteiger partial charge is 0.107 e. The fourth-order valence-electron chi connectivity index (χ4n) is 1.26. The quantitative estimate of drug-likeness (QED) is 0.881. The Labute approximate surface area is 109 Å². The van der Waals surface area contributed by atoms with Crippen molar-refractivity contribution in [2.24, 2.45) is 0 Å². The molecule has 0 bridgehead atoms. The van der Waals surface area contributed by atoms with Crippen LogP contribution in [0.25, 0.3) is 0 Å². The van der Waals surface area contributed by atoms with Crippen molar-refractivity contribution in [2.45, 2.75) is 12.5 Å². The van der Waals surface area contributed by atoms with Crippen LogP contribution >= 0.6 is 50.2 Å². The second-order valence-corrected chi connectivity index (χ2v) is 6.44. The number of thiophene rings is 2. The molecule has 1 N–H and O–H groups in total. The molecule has 5 heteroatoms. The van der Waals surface area contributed by atoms with E-state index >= 15 is 0 Å². The van der Waals surface area contributed by atoms with Crippen LogP contribution in [0.4, 0.5) is 0 Å². The maximum atomic E-state index is 9.97. The fourth-order valence-corrected chi connectivity index (χ4v) is 3.66. The van der Waals surface area contributed by atoms with Gasteiger partial charge in [-0.3, -0.25) is 0 Å². The Morgan fingerprint density at radius 3 is 2.87 bits per heavy atom. The second kappa shape index (κ2) is 4.97. The molecule has 0 saturated heterocycles. The molecule has 0 aliphatic rings.